The second kappa shape index (κ2) is 9.51. The molecule has 0 N–H and O–H groups in total. The zero-order chi connectivity index (χ0) is 18.2. The van der Waals surface area contributed by atoms with Crippen LogP contribution in [0.1, 0.15) is 17.5 Å². The third-order valence-corrected chi connectivity index (χ3v) is 4.98. The fourth-order valence-electron chi connectivity index (χ4n) is 3.42. The Morgan fingerprint density at radius 1 is 0.885 bits per heavy atom. The van der Waals surface area contributed by atoms with Gasteiger partial charge in [0, 0.05) is 52.2 Å². The van der Waals surface area contributed by atoms with E-state index in [9.17, 15) is 4.79 Å². The molecule has 1 heterocycles. The van der Waals surface area contributed by atoms with E-state index in [1.165, 1.54) is 11.1 Å². The number of piperazine rings is 1. The molecule has 138 valence electrons. The lowest BCUT2D eigenvalue weighted by Gasteiger charge is -2.35. The van der Waals surface area contributed by atoms with Gasteiger partial charge in [0.15, 0.2) is 0 Å². The van der Waals surface area contributed by atoms with Crippen LogP contribution >= 0.6 is 0 Å². The second-order valence-electron chi connectivity index (χ2n) is 7.12. The first-order chi connectivity index (χ1) is 12.7. The van der Waals surface area contributed by atoms with Crippen LogP contribution in [0.15, 0.2) is 60.7 Å². The van der Waals surface area contributed by atoms with Gasteiger partial charge in [0.25, 0.3) is 0 Å². The molecule has 1 saturated heterocycles. The van der Waals surface area contributed by atoms with Crippen molar-refractivity contribution in [2.45, 2.75) is 19.5 Å². The van der Waals surface area contributed by atoms with Gasteiger partial charge < -0.3 is 9.80 Å². The number of nitrogens with zero attached hydrogens (tertiary/aromatic N) is 3. The third-order valence-electron chi connectivity index (χ3n) is 4.98. The Kier molecular flexibility index (Phi) is 6.81. The maximum absolute atomic E-state index is 12.5. The number of carbonyl (C=O) groups excluding carboxylic acids is 1. The summed E-state index contributed by atoms with van der Waals surface area (Å²) in [5.74, 6) is 0.282. The van der Waals surface area contributed by atoms with Gasteiger partial charge in [-0.05, 0) is 18.2 Å². The summed E-state index contributed by atoms with van der Waals surface area (Å²) in [5.41, 5.74) is 2.63. The minimum Gasteiger partial charge on any atom is -0.340 e. The monoisotopic (exact) mass is 351 g/mol. The van der Waals surface area contributed by atoms with Gasteiger partial charge in [-0.25, -0.2) is 0 Å². The lowest BCUT2D eigenvalue weighted by atomic mass is 10.2. The molecule has 0 atom stereocenters. The minimum atomic E-state index is 0.282. The molecule has 2 aromatic rings. The van der Waals surface area contributed by atoms with Crippen LogP contribution in [-0.2, 0) is 17.9 Å². The highest BCUT2D eigenvalue weighted by Crippen LogP contribution is 2.10. The molecule has 0 bridgehead atoms. The summed E-state index contributed by atoms with van der Waals surface area (Å²) in [7, 11) is 2.08. The molecule has 1 fully saturated rings. The van der Waals surface area contributed by atoms with E-state index in [0.717, 1.165) is 45.8 Å². The first-order valence-electron chi connectivity index (χ1n) is 9.47. The molecular formula is C22H29N3O. The summed E-state index contributed by atoms with van der Waals surface area (Å²) >= 11 is 0. The lowest BCUT2D eigenvalue weighted by molar-refractivity contribution is -0.133. The van der Waals surface area contributed by atoms with E-state index in [1.807, 2.05) is 11.0 Å². The van der Waals surface area contributed by atoms with Crippen molar-refractivity contribution in [3.63, 3.8) is 0 Å². The molecule has 1 aliphatic heterocycles. The van der Waals surface area contributed by atoms with Gasteiger partial charge in [0.05, 0.1) is 0 Å². The normalized spacial score (nSPS) is 15.4. The van der Waals surface area contributed by atoms with E-state index in [1.54, 1.807) is 0 Å². The average Bonchev–Trinajstić information content (AvgIpc) is 2.68. The highest BCUT2D eigenvalue weighted by atomic mass is 16.2. The topological polar surface area (TPSA) is 26.8 Å². The molecule has 0 aliphatic carbocycles. The molecule has 0 aromatic heterocycles. The first-order valence-corrected chi connectivity index (χ1v) is 9.47. The van der Waals surface area contributed by atoms with Crippen molar-refractivity contribution in [2.24, 2.45) is 0 Å². The minimum absolute atomic E-state index is 0.282. The summed E-state index contributed by atoms with van der Waals surface area (Å²) in [6, 6.07) is 21.0. The van der Waals surface area contributed by atoms with E-state index in [0.29, 0.717) is 6.42 Å². The van der Waals surface area contributed by atoms with Gasteiger partial charge in [-0.15, -0.1) is 0 Å². The third kappa shape index (κ3) is 5.68. The Bertz CT molecular complexity index is 666. The number of carbonyl (C=O) groups is 1. The van der Waals surface area contributed by atoms with Crippen molar-refractivity contribution >= 4 is 5.91 Å². The molecule has 0 spiro atoms. The van der Waals surface area contributed by atoms with Crippen LogP contribution in [0.25, 0.3) is 0 Å². The molecule has 4 nitrogen and oxygen atoms in total. The Hall–Kier alpha value is -2.17. The molecule has 1 amide bonds. The highest BCUT2D eigenvalue weighted by Gasteiger charge is 2.21. The summed E-state index contributed by atoms with van der Waals surface area (Å²) in [6.45, 7) is 6.27. The molecule has 0 unspecified atom stereocenters. The van der Waals surface area contributed by atoms with Crippen LogP contribution in [-0.4, -0.2) is 60.4 Å². The van der Waals surface area contributed by atoms with Crippen LogP contribution in [0.4, 0.5) is 0 Å². The fourth-order valence-corrected chi connectivity index (χ4v) is 3.42. The Labute approximate surface area is 157 Å². The Morgan fingerprint density at radius 3 is 2.08 bits per heavy atom. The fraction of sp³-hybridized carbons (Fsp3) is 0.409. The van der Waals surface area contributed by atoms with Crippen molar-refractivity contribution in [1.82, 2.24) is 14.7 Å². The van der Waals surface area contributed by atoms with Crippen LogP contribution in [0, 0.1) is 0 Å². The number of benzene rings is 2. The maximum atomic E-state index is 12.5. The van der Waals surface area contributed by atoms with Gasteiger partial charge in [-0.1, -0.05) is 60.7 Å². The smallest absolute Gasteiger partial charge is 0.223 e. The zero-order valence-electron chi connectivity index (χ0n) is 15.7. The molecule has 1 aliphatic rings. The quantitative estimate of drug-likeness (QED) is 0.767. The highest BCUT2D eigenvalue weighted by molar-refractivity contribution is 5.76. The predicted octanol–water partition coefficient (Wildman–Crippen LogP) is 2.85. The molecule has 0 radical (unpaired) electrons. The Balaban J connectivity index is 1.37. The lowest BCUT2D eigenvalue weighted by Crippen LogP contribution is -2.48. The van der Waals surface area contributed by atoms with Crippen molar-refractivity contribution in [3.8, 4) is 0 Å². The van der Waals surface area contributed by atoms with Gasteiger partial charge in [-0.2, -0.15) is 0 Å². The summed E-state index contributed by atoms with van der Waals surface area (Å²) in [4.78, 5) is 19.2. The van der Waals surface area contributed by atoms with E-state index in [2.05, 4.69) is 71.4 Å². The number of rotatable bonds is 7. The van der Waals surface area contributed by atoms with Crippen molar-refractivity contribution in [2.75, 3.05) is 39.8 Å². The van der Waals surface area contributed by atoms with Crippen LogP contribution in [0.2, 0.25) is 0 Å². The molecule has 26 heavy (non-hydrogen) atoms. The van der Waals surface area contributed by atoms with Gasteiger partial charge in [-0.3, -0.25) is 9.69 Å². The summed E-state index contributed by atoms with van der Waals surface area (Å²) in [5, 5.41) is 0. The average molecular weight is 351 g/mol. The van der Waals surface area contributed by atoms with Crippen LogP contribution in [0.5, 0.6) is 0 Å². The van der Waals surface area contributed by atoms with E-state index < -0.39 is 0 Å². The number of hydrogen-bond acceptors (Lipinski definition) is 3. The van der Waals surface area contributed by atoms with E-state index >= 15 is 0 Å². The van der Waals surface area contributed by atoms with Crippen LogP contribution in [0.3, 0.4) is 0 Å². The van der Waals surface area contributed by atoms with Gasteiger partial charge in [0.2, 0.25) is 5.91 Å². The molecule has 4 heteroatoms. The molecule has 2 aromatic carbocycles. The largest absolute Gasteiger partial charge is 0.340 e. The SMILES string of the molecule is CN(CCC(=O)N1CCN(Cc2ccccc2)CC1)Cc1ccccc1. The molecular weight excluding hydrogens is 322 g/mol. The first kappa shape index (κ1) is 18.6. The number of hydrogen-bond donors (Lipinski definition) is 0. The molecule has 3 rings (SSSR count). The van der Waals surface area contributed by atoms with E-state index in [4.69, 9.17) is 0 Å². The summed E-state index contributed by atoms with van der Waals surface area (Å²) in [6.07, 6.45) is 0.599. The standard InChI is InChI=1S/C22H29N3O/c1-23(18-20-8-4-2-5-9-20)13-12-22(26)25-16-14-24(15-17-25)19-21-10-6-3-7-11-21/h2-11H,12-19H2,1H3. The second-order valence-corrected chi connectivity index (χ2v) is 7.12. The Morgan fingerprint density at radius 2 is 1.46 bits per heavy atom. The maximum Gasteiger partial charge on any atom is 0.223 e. The van der Waals surface area contributed by atoms with Crippen molar-refractivity contribution in [3.05, 3.63) is 71.8 Å². The summed E-state index contributed by atoms with van der Waals surface area (Å²) < 4.78 is 0. The van der Waals surface area contributed by atoms with Gasteiger partial charge in [0.1, 0.15) is 0 Å². The van der Waals surface area contributed by atoms with E-state index in [-0.39, 0.29) is 5.91 Å². The number of amides is 1. The van der Waals surface area contributed by atoms with Gasteiger partial charge >= 0.3 is 0 Å². The predicted molar refractivity (Wildman–Crippen MR) is 106 cm³/mol. The van der Waals surface area contributed by atoms with Crippen molar-refractivity contribution < 1.29 is 4.79 Å². The zero-order valence-corrected chi connectivity index (χ0v) is 15.7. The molecule has 0 saturated carbocycles. The van der Waals surface area contributed by atoms with Crippen molar-refractivity contribution in [1.29, 1.82) is 0 Å². The van der Waals surface area contributed by atoms with Crippen LogP contribution < -0.4 is 0 Å².